The van der Waals surface area contributed by atoms with Crippen LogP contribution in [0, 0.1) is 0 Å². The molecule has 2 unspecified atom stereocenters. The lowest BCUT2D eigenvalue weighted by Crippen LogP contribution is -2.33. The Hall–Kier alpha value is -0.130. The number of hydrogen-bond donors (Lipinski definition) is 2. The zero-order valence-electron chi connectivity index (χ0n) is 11.6. The van der Waals surface area contributed by atoms with Gasteiger partial charge in [-0.3, -0.25) is 4.55 Å². The molecule has 0 rings (SSSR count). The summed E-state index contributed by atoms with van der Waals surface area (Å²) in [5.41, 5.74) is 0. The molecule has 0 aromatic rings. The predicted octanol–water partition coefficient (Wildman–Crippen LogP) is 3.15. The van der Waals surface area contributed by atoms with Crippen LogP contribution in [-0.2, 0) is 10.1 Å². The smallest absolute Gasteiger partial charge is 0.270 e. The first-order valence-electron chi connectivity index (χ1n) is 7.07. The van der Waals surface area contributed by atoms with Crippen molar-refractivity contribution < 1.29 is 18.1 Å². The van der Waals surface area contributed by atoms with Crippen molar-refractivity contribution >= 4 is 10.1 Å². The summed E-state index contributed by atoms with van der Waals surface area (Å²) in [6, 6.07) is 0. The van der Waals surface area contributed by atoms with E-state index in [4.69, 9.17) is 4.55 Å². The molecule has 2 atom stereocenters. The van der Waals surface area contributed by atoms with Crippen molar-refractivity contribution in [3.8, 4) is 0 Å². The summed E-state index contributed by atoms with van der Waals surface area (Å²) in [5, 5.41) is 8.83. The molecule has 5 heteroatoms. The van der Waals surface area contributed by atoms with E-state index >= 15 is 0 Å². The standard InChI is InChI=1S/C13H28O4S/c1-3-5-7-8-9-11-13(18(15,16)17)12(14)10-6-4-2/h12-14H,3-11H2,1-2H3,(H,15,16,17). The van der Waals surface area contributed by atoms with Crippen molar-refractivity contribution in [1.29, 1.82) is 0 Å². The molecule has 0 amide bonds. The van der Waals surface area contributed by atoms with Crippen molar-refractivity contribution in [2.75, 3.05) is 0 Å². The van der Waals surface area contributed by atoms with Crippen LogP contribution in [0.5, 0.6) is 0 Å². The van der Waals surface area contributed by atoms with Crippen molar-refractivity contribution in [2.45, 2.75) is 83.0 Å². The second-order valence-electron chi connectivity index (χ2n) is 4.97. The molecule has 0 aliphatic rings. The summed E-state index contributed by atoms with van der Waals surface area (Å²) >= 11 is 0. The van der Waals surface area contributed by atoms with Gasteiger partial charge in [-0.25, -0.2) is 0 Å². The third kappa shape index (κ3) is 8.06. The molecule has 0 bridgehead atoms. The van der Waals surface area contributed by atoms with Gasteiger partial charge in [-0.15, -0.1) is 0 Å². The van der Waals surface area contributed by atoms with Gasteiger partial charge in [-0.2, -0.15) is 8.42 Å². The van der Waals surface area contributed by atoms with Gasteiger partial charge in [-0.05, 0) is 12.8 Å². The Morgan fingerprint density at radius 2 is 1.44 bits per heavy atom. The molecule has 0 saturated heterocycles. The van der Waals surface area contributed by atoms with E-state index in [1.807, 2.05) is 6.92 Å². The first-order valence-corrected chi connectivity index (χ1v) is 8.58. The van der Waals surface area contributed by atoms with Gasteiger partial charge in [0, 0.05) is 0 Å². The summed E-state index contributed by atoms with van der Waals surface area (Å²) in [6.45, 7) is 4.11. The van der Waals surface area contributed by atoms with Crippen molar-refractivity contribution in [3.05, 3.63) is 0 Å². The molecule has 2 N–H and O–H groups in total. The number of aliphatic hydroxyl groups excluding tert-OH is 1. The minimum atomic E-state index is -4.14. The Bertz CT molecular complexity index is 287. The van der Waals surface area contributed by atoms with E-state index in [-0.39, 0.29) is 0 Å². The molecule has 0 radical (unpaired) electrons. The summed E-state index contributed by atoms with van der Waals surface area (Å²) in [6.07, 6.45) is 6.62. The molecule has 0 heterocycles. The van der Waals surface area contributed by atoms with Crippen LogP contribution in [0.25, 0.3) is 0 Å². The van der Waals surface area contributed by atoms with Gasteiger partial charge in [0.15, 0.2) is 0 Å². The molecule has 0 fully saturated rings. The van der Waals surface area contributed by atoms with Crippen molar-refractivity contribution in [2.24, 2.45) is 0 Å². The Balaban J connectivity index is 4.16. The van der Waals surface area contributed by atoms with E-state index in [1.165, 1.54) is 0 Å². The van der Waals surface area contributed by atoms with Crippen LogP contribution in [0.4, 0.5) is 0 Å². The lowest BCUT2D eigenvalue weighted by molar-refractivity contribution is 0.147. The molecule has 0 spiro atoms. The molecule has 0 aromatic carbocycles. The zero-order valence-corrected chi connectivity index (χ0v) is 12.5. The predicted molar refractivity (Wildman–Crippen MR) is 74.2 cm³/mol. The topological polar surface area (TPSA) is 74.6 Å². The van der Waals surface area contributed by atoms with Crippen LogP contribution in [0.2, 0.25) is 0 Å². The highest BCUT2D eigenvalue weighted by molar-refractivity contribution is 7.86. The van der Waals surface area contributed by atoms with Crippen LogP contribution >= 0.6 is 0 Å². The normalized spacial score (nSPS) is 15.6. The van der Waals surface area contributed by atoms with Gasteiger partial charge in [0.25, 0.3) is 10.1 Å². The molecule has 0 aromatic heterocycles. The summed E-state index contributed by atoms with van der Waals surface area (Å²) < 4.78 is 31.7. The maximum atomic E-state index is 11.3. The zero-order chi connectivity index (χ0) is 14.0. The fourth-order valence-electron chi connectivity index (χ4n) is 2.09. The number of aliphatic hydroxyl groups is 1. The Morgan fingerprint density at radius 3 is 1.94 bits per heavy atom. The molecule has 18 heavy (non-hydrogen) atoms. The van der Waals surface area contributed by atoms with Gasteiger partial charge < -0.3 is 5.11 Å². The van der Waals surface area contributed by atoms with Crippen LogP contribution in [-0.4, -0.2) is 29.4 Å². The van der Waals surface area contributed by atoms with Crippen molar-refractivity contribution in [3.63, 3.8) is 0 Å². The third-order valence-electron chi connectivity index (χ3n) is 3.26. The van der Waals surface area contributed by atoms with E-state index in [0.717, 1.165) is 44.9 Å². The number of unbranched alkanes of at least 4 members (excludes halogenated alkanes) is 5. The fourth-order valence-corrected chi connectivity index (χ4v) is 3.09. The van der Waals surface area contributed by atoms with Gasteiger partial charge in [-0.1, -0.05) is 58.8 Å². The lowest BCUT2D eigenvalue weighted by atomic mass is 10.0. The average molecular weight is 280 g/mol. The molecule has 0 aliphatic heterocycles. The lowest BCUT2D eigenvalue weighted by Gasteiger charge is -2.20. The second kappa shape index (κ2) is 9.75. The Kier molecular flexibility index (Phi) is 9.68. The minimum absolute atomic E-state index is 0.355. The first kappa shape index (κ1) is 17.9. The molecule has 0 aliphatic carbocycles. The summed E-state index contributed by atoms with van der Waals surface area (Å²) in [4.78, 5) is 0. The molecular formula is C13H28O4S. The van der Waals surface area contributed by atoms with Gasteiger partial charge in [0.2, 0.25) is 0 Å². The van der Waals surface area contributed by atoms with Crippen LogP contribution < -0.4 is 0 Å². The van der Waals surface area contributed by atoms with E-state index in [9.17, 15) is 13.5 Å². The van der Waals surface area contributed by atoms with Crippen LogP contribution in [0.3, 0.4) is 0 Å². The monoisotopic (exact) mass is 280 g/mol. The Labute approximate surface area is 112 Å². The second-order valence-corrected chi connectivity index (χ2v) is 6.60. The van der Waals surface area contributed by atoms with Gasteiger partial charge in [0.1, 0.15) is 5.25 Å². The molecule has 4 nitrogen and oxygen atoms in total. The maximum Gasteiger partial charge on any atom is 0.270 e. The largest absolute Gasteiger partial charge is 0.392 e. The van der Waals surface area contributed by atoms with Crippen LogP contribution in [0.15, 0.2) is 0 Å². The number of rotatable bonds is 11. The highest BCUT2D eigenvalue weighted by Gasteiger charge is 2.29. The van der Waals surface area contributed by atoms with Gasteiger partial charge in [0.05, 0.1) is 6.10 Å². The quantitative estimate of drug-likeness (QED) is 0.450. The molecular weight excluding hydrogens is 252 g/mol. The Morgan fingerprint density at radius 1 is 0.889 bits per heavy atom. The van der Waals surface area contributed by atoms with E-state index in [2.05, 4.69) is 6.92 Å². The van der Waals surface area contributed by atoms with Crippen molar-refractivity contribution in [1.82, 2.24) is 0 Å². The SMILES string of the molecule is CCCCCCCC(C(O)CCCC)S(=O)(=O)O. The highest BCUT2D eigenvalue weighted by Crippen LogP contribution is 2.18. The summed E-state index contributed by atoms with van der Waals surface area (Å²) in [7, 11) is -4.14. The molecule has 110 valence electrons. The average Bonchev–Trinajstić information content (AvgIpc) is 2.29. The van der Waals surface area contributed by atoms with E-state index in [0.29, 0.717) is 12.8 Å². The van der Waals surface area contributed by atoms with Crippen LogP contribution in [0.1, 0.15) is 71.6 Å². The number of hydrogen-bond acceptors (Lipinski definition) is 3. The third-order valence-corrected chi connectivity index (χ3v) is 4.57. The van der Waals surface area contributed by atoms with E-state index in [1.54, 1.807) is 0 Å². The summed E-state index contributed by atoms with van der Waals surface area (Å²) in [5.74, 6) is 0. The molecule has 0 saturated carbocycles. The maximum absolute atomic E-state index is 11.3. The fraction of sp³-hybridized carbons (Fsp3) is 1.00. The first-order chi connectivity index (χ1) is 8.43. The van der Waals surface area contributed by atoms with Gasteiger partial charge >= 0.3 is 0 Å². The highest BCUT2D eigenvalue weighted by atomic mass is 32.2. The van der Waals surface area contributed by atoms with E-state index < -0.39 is 21.5 Å². The minimum Gasteiger partial charge on any atom is -0.392 e.